The molecular weight excluding hydrogens is 410 g/mol. The van der Waals surface area contributed by atoms with Crippen LogP contribution < -0.4 is 14.9 Å². The van der Waals surface area contributed by atoms with E-state index in [0.717, 1.165) is 5.56 Å². The van der Waals surface area contributed by atoms with Gasteiger partial charge in [0, 0.05) is 6.20 Å². The number of esters is 1. The zero-order chi connectivity index (χ0) is 22.1. The van der Waals surface area contributed by atoms with E-state index in [0.29, 0.717) is 32.2 Å². The number of carbonyl (C=O) groups is 1. The van der Waals surface area contributed by atoms with E-state index in [1.54, 1.807) is 23.8 Å². The Bertz CT molecular complexity index is 1330. The average molecular weight is 434 g/mol. The molecule has 0 radical (unpaired) electrons. The van der Waals surface area contributed by atoms with E-state index in [9.17, 15) is 9.59 Å². The Labute approximate surface area is 183 Å². The van der Waals surface area contributed by atoms with Crippen LogP contribution in [0, 0.1) is 0 Å². The fraction of sp³-hybridized carbons (Fsp3) is 0.250. The zero-order valence-corrected chi connectivity index (χ0v) is 18.6. The molecule has 1 aliphatic rings. The summed E-state index contributed by atoms with van der Waals surface area (Å²) in [4.78, 5) is 35.5. The maximum Gasteiger partial charge on any atom is 0.338 e. The molecule has 3 aromatic rings. The molecule has 0 amide bonds. The predicted octanol–water partition coefficient (Wildman–Crippen LogP) is 2.93. The molecule has 1 aliphatic heterocycles. The third-order valence-electron chi connectivity index (χ3n) is 5.31. The lowest BCUT2D eigenvalue weighted by Gasteiger charge is -2.24. The number of rotatable bonds is 4. The van der Waals surface area contributed by atoms with Gasteiger partial charge in [-0.15, -0.1) is 0 Å². The minimum atomic E-state index is -0.601. The Morgan fingerprint density at radius 3 is 2.55 bits per heavy atom. The Morgan fingerprint density at radius 1 is 1.19 bits per heavy atom. The van der Waals surface area contributed by atoms with Gasteiger partial charge >= 0.3 is 5.97 Å². The number of methoxy groups -OCH3 is 1. The van der Waals surface area contributed by atoms with Gasteiger partial charge in [-0.05, 0) is 42.2 Å². The van der Waals surface area contributed by atoms with Gasteiger partial charge in [-0.1, -0.05) is 55.5 Å². The van der Waals surface area contributed by atoms with Crippen LogP contribution in [0.1, 0.15) is 49.6 Å². The highest BCUT2D eigenvalue weighted by molar-refractivity contribution is 7.07. The molecule has 1 aromatic carbocycles. The summed E-state index contributed by atoms with van der Waals surface area (Å²) in [6.45, 7) is 6.02. The predicted molar refractivity (Wildman–Crippen MR) is 121 cm³/mol. The largest absolute Gasteiger partial charge is 0.466 e. The van der Waals surface area contributed by atoms with Crippen LogP contribution in [0.2, 0.25) is 0 Å². The Hall–Kier alpha value is -3.32. The van der Waals surface area contributed by atoms with Crippen molar-refractivity contribution in [3.63, 3.8) is 0 Å². The standard InChI is InChI=1S/C24H23N3O3S/c1-14(2)16-8-10-17(11-9-16)21-20(23(29)30-4)15(3)26-24-27(21)22(28)19(31-24)13-18-7-5-6-12-25-18/h5-14,21H,1-4H3/b19-13+/t21-/m0/s1. The number of fused-ring (bicyclic) bond motifs is 1. The lowest BCUT2D eigenvalue weighted by Crippen LogP contribution is -2.39. The molecule has 0 bridgehead atoms. The summed E-state index contributed by atoms with van der Waals surface area (Å²) in [6.07, 6.45) is 3.43. The first-order chi connectivity index (χ1) is 14.9. The molecule has 0 aliphatic carbocycles. The third-order valence-corrected chi connectivity index (χ3v) is 6.30. The lowest BCUT2D eigenvalue weighted by atomic mass is 9.93. The highest BCUT2D eigenvalue weighted by Crippen LogP contribution is 2.31. The third kappa shape index (κ3) is 3.88. The van der Waals surface area contributed by atoms with Crippen molar-refractivity contribution in [3.05, 3.63) is 96.4 Å². The fourth-order valence-corrected chi connectivity index (χ4v) is 4.70. The van der Waals surface area contributed by atoms with Crippen molar-refractivity contribution in [2.75, 3.05) is 7.11 Å². The molecule has 0 unspecified atom stereocenters. The number of allylic oxidation sites excluding steroid dienone is 1. The molecule has 0 spiro atoms. The van der Waals surface area contributed by atoms with Gasteiger partial charge in [-0.25, -0.2) is 9.79 Å². The normalized spacial score (nSPS) is 16.3. The van der Waals surface area contributed by atoms with Gasteiger partial charge in [-0.3, -0.25) is 14.3 Å². The summed E-state index contributed by atoms with van der Waals surface area (Å²) in [5.41, 5.74) is 3.43. The van der Waals surface area contributed by atoms with E-state index in [2.05, 4.69) is 23.8 Å². The topological polar surface area (TPSA) is 73.6 Å². The van der Waals surface area contributed by atoms with Crippen molar-refractivity contribution < 1.29 is 9.53 Å². The van der Waals surface area contributed by atoms with Crippen LogP contribution in [-0.4, -0.2) is 22.6 Å². The number of pyridine rings is 1. The van der Waals surface area contributed by atoms with E-state index in [1.165, 1.54) is 24.0 Å². The molecule has 2 aromatic heterocycles. The Morgan fingerprint density at radius 2 is 1.94 bits per heavy atom. The van der Waals surface area contributed by atoms with E-state index in [1.807, 2.05) is 42.5 Å². The van der Waals surface area contributed by atoms with Gasteiger partial charge in [-0.2, -0.15) is 0 Å². The molecule has 31 heavy (non-hydrogen) atoms. The smallest absolute Gasteiger partial charge is 0.338 e. The van der Waals surface area contributed by atoms with Gasteiger partial charge in [0.2, 0.25) is 0 Å². The van der Waals surface area contributed by atoms with Gasteiger partial charge in [0.1, 0.15) is 0 Å². The summed E-state index contributed by atoms with van der Waals surface area (Å²) in [6, 6.07) is 12.9. The Balaban J connectivity index is 1.95. The molecule has 0 N–H and O–H groups in total. The van der Waals surface area contributed by atoms with Crippen molar-refractivity contribution in [2.24, 2.45) is 4.99 Å². The zero-order valence-electron chi connectivity index (χ0n) is 17.8. The number of benzene rings is 1. The van der Waals surface area contributed by atoms with Crippen LogP contribution >= 0.6 is 11.3 Å². The molecule has 4 rings (SSSR count). The second kappa shape index (κ2) is 8.43. The van der Waals surface area contributed by atoms with Crippen molar-refractivity contribution in [1.82, 2.24) is 9.55 Å². The van der Waals surface area contributed by atoms with Gasteiger partial charge in [0.05, 0.1) is 34.6 Å². The minimum absolute atomic E-state index is 0.207. The molecule has 0 fully saturated rings. The van der Waals surface area contributed by atoms with Crippen molar-refractivity contribution >= 4 is 23.4 Å². The minimum Gasteiger partial charge on any atom is -0.466 e. The monoisotopic (exact) mass is 433 g/mol. The SMILES string of the molecule is COC(=O)C1=C(C)N=c2s/c(=C/c3ccccn3)c(=O)n2[C@H]1c1ccc(C(C)C)cc1. The number of hydrogen-bond donors (Lipinski definition) is 0. The molecular formula is C24H23N3O3S. The molecule has 7 heteroatoms. The van der Waals surface area contributed by atoms with E-state index in [-0.39, 0.29) is 5.56 Å². The summed E-state index contributed by atoms with van der Waals surface area (Å²) < 4.78 is 7.14. The second-order valence-electron chi connectivity index (χ2n) is 7.65. The second-order valence-corrected chi connectivity index (χ2v) is 8.66. The fourth-order valence-electron chi connectivity index (χ4n) is 3.67. The molecule has 158 valence electrons. The van der Waals surface area contributed by atoms with E-state index < -0.39 is 12.0 Å². The first-order valence-corrected chi connectivity index (χ1v) is 10.8. The van der Waals surface area contributed by atoms with Crippen molar-refractivity contribution in [1.29, 1.82) is 0 Å². The number of carbonyl (C=O) groups excluding carboxylic acids is 1. The van der Waals surface area contributed by atoms with Crippen LogP contribution in [0.25, 0.3) is 6.08 Å². The molecule has 3 heterocycles. The van der Waals surface area contributed by atoms with Gasteiger partial charge in [0.15, 0.2) is 4.80 Å². The number of ether oxygens (including phenoxy) is 1. The van der Waals surface area contributed by atoms with Crippen LogP contribution in [0.4, 0.5) is 0 Å². The number of nitrogens with zero attached hydrogens (tertiary/aromatic N) is 3. The molecule has 0 saturated carbocycles. The van der Waals surface area contributed by atoms with Crippen LogP contribution in [0.15, 0.2) is 69.7 Å². The van der Waals surface area contributed by atoms with Crippen molar-refractivity contribution in [2.45, 2.75) is 32.7 Å². The lowest BCUT2D eigenvalue weighted by molar-refractivity contribution is -0.136. The first kappa shape index (κ1) is 20.9. The van der Waals surface area contributed by atoms with Crippen LogP contribution in [-0.2, 0) is 9.53 Å². The number of thiazole rings is 1. The highest BCUT2D eigenvalue weighted by atomic mass is 32.1. The average Bonchev–Trinajstić information content (AvgIpc) is 3.07. The maximum atomic E-state index is 13.4. The molecule has 1 atom stereocenters. The number of hydrogen-bond acceptors (Lipinski definition) is 6. The van der Waals surface area contributed by atoms with Crippen LogP contribution in [0.5, 0.6) is 0 Å². The van der Waals surface area contributed by atoms with Crippen molar-refractivity contribution in [3.8, 4) is 0 Å². The summed E-state index contributed by atoms with van der Waals surface area (Å²) in [5, 5.41) is 0. The van der Waals surface area contributed by atoms with E-state index >= 15 is 0 Å². The summed E-state index contributed by atoms with van der Waals surface area (Å²) in [5.74, 6) is -0.107. The van der Waals surface area contributed by atoms with Gasteiger partial charge in [0.25, 0.3) is 5.56 Å². The number of aromatic nitrogens is 2. The first-order valence-electron chi connectivity index (χ1n) is 10.0. The maximum absolute atomic E-state index is 13.4. The summed E-state index contributed by atoms with van der Waals surface area (Å²) in [7, 11) is 1.34. The molecule has 6 nitrogen and oxygen atoms in total. The highest BCUT2D eigenvalue weighted by Gasteiger charge is 2.33. The van der Waals surface area contributed by atoms with Crippen LogP contribution in [0.3, 0.4) is 0 Å². The molecule has 0 saturated heterocycles. The Kier molecular flexibility index (Phi) is 5.69. The van der Waals surface area contributed by atoms with E-state index in [4.69, 9.17) is 4.74 Å². The van der Waals surface area contributed by atoms with Gasteiger partial charge < -0.3 is 4.74 Å². The summed E-state index contributed by atoms with van der Waals surface area (Å²) >= 11 is 1.29. The quantitative estimate of drug-likeness (QED) is 0.593.